The van der Waals surface area contributed by atoms with Gasteiger partial charge < -0.3 is 9.80 Å². The molecule has 25 heavy (non-hydrogen) atoms. The van der Waals surface area contributed by atoms with Crippen LogP contribution in [0.3, 0.4) is 0 Å². The molecule has 1 amide bonds. The summed E-state index contributed by atoms with van der Waals surface area (Å²) in [5.41, 5.74) is -0.443. The number of hydrogen-bond acceptors (Lipinski definition) is 4. The van der Waals surface area contributed by atoms with E-state index in [9.17, 15) is 18.0 Å². The predicted octanol–water partition coefficient (Wildman–Crippen LogP) is 3.11. The van der Waals surface area contributed by atoms with Gasteiger partial charge in [0.2, 0.25) is 0 Å². The monoisotopic (exact) mass is 370 g/mol. The standard InChI is InChI=1S/C16H14ClF3N4O/c17-14-12(2-1-5-21-14)15(25)24-8-6-23(7-9-24)13-4-3-11(10-22-13)16(18,19)20/h1-5,10H,6-9H2. The average molecular weight is 371 g/mol. The van der Waals surface area contributed by atoms with Gasteiger partial charge in [-0.05, 0) is 24.3 Å². The Morgan fingerprint density at radius 1 is 1.08 bits per heavy atom. The second-order valence-corrected chi connectivity index (χ2v) is 5.88. The first-order valence-electron chi connectivity index (χ1n) is 7.54. The van der Waals surface area contributed by atoms with Crippen molar-refractivity contribution in [3.63, 3.8) is 0 Å². The van der Waals surface area contributed by atoms with Crippen LogP contribution in [0.2, 0.25) is 5.15 Å². The SMILES string of the molecule is O=C(c1cccnc1Cl)N1CCN(c2ccc(C(F)(F)F)cn2)CC1. The molecule has 0 aromatic carbocycles. The van der Waals surface area contributed by atoms with E-state index in [0.717, 1.165) is 12.3 Å². The molecule has 0 unspecified atom stereocenters. The van der Waals surface area contributed by atoms with Gasteiger partial charge in [0.25, 0.3) is 5.91 Å². The smallest absolute Gasteiger partial charge is 0.353 e. The third kappa shape index (κ3) is 3.84. The Labute approximate surface area is 147 Å². The number of halogens is 4. The van der Waals surface area contributed by atoms with Crippen molar-refractivity contribution in [3.8, 4) is 0 Å². The summed E-state index contributed by atoms with van der Waals surface area (Å²) in [4.78, 5) is 23.7. The second kappa shape index (κ2) is 6.87. The quantitative estimate of drug-likeness (QED) is 0.762. The van der Waals surface area contributed by atoms with Crippen molar-refractivity contribution in [2.45, 2.75) is 6.18 Å². The van der Waals surface area contributed by atoms with Crippen LogP contribution < -0.4 is 4.90 Å². The Bertz CT molecular complexity index is 759. The van der Waals surface area contributed by atoms with Crippen molar-refractivity contribution >= 4 is 23.3 Å². The van der Waals surface area contributed by atoms with Gasteiger partial charge in [0.05, 0.1) is 11.1 Å². The third-order valence-electron chi connectivity index (χ3n) is 3.96. The van der Waals surface area contributed by atoms with Gasteiger partial charge >= 0.3 is 6.18 Å². The Hall–Kier alpha value is -2.35. The first-order valence-corrected chi connectivity index (χ1v) is 7.92. The van der Waals surface area contributed by atoms with Gasteiger partial charge in [0.15, 0.2) is 0 Å². The van der Waals surface area contributed by atoms with E-state index in [1.807, 2.05) is 4.90 Å². The van der Waals surface area contributed by atoms with Crippen molar-refractivity contribution in [2.24, 2.45) is 0 Å². The van der Waals surface area contributed by atoms with Crippen LogP contribution in [-0.4, -0.2) is 47.0 Å². The Balaban J connectivity index is 1.64. The van der Waals surface area contributed by atoms with Crippen LogP contribution in [0, 0.1) is 0 Å². The normalized spacial score (nSPS) is 15.4. The van der Waals surface area contributed by atoms with Crippen molar-refractivity contribution < 1.29 is 18.0 Å². The first kappa shape index (κ1) is 17.5. The van der Waals surface area contributed by atoms with Crippen molar-refractivity contribution in [3.05, 3.63) is 52.9 Å². The molecule has 0 bridgehead atoms. The fourth-order valence-electron chi connectivity index (χ4n) is 2.60. The summed E-state index contributed by atoms with van der Waals surface area (Å²) in [5.74, 6) is 0.248. The molecule has 5 nitrogen and oxygen atoms in total. The second-order valence-electron chi connectivity index (χ2n) is 5.52. The van der Waals surface area contributed by atoms with Crippen molar-refractivity contribution in [1.82, 2.24) is 14.9 Å². The van der Waals surface area contributed by atoms with E-state index in [-0.39, 0.29) is 11.1 Å². The number of carbonyl (C=O) groups is 1. The lowest BCUT2D eigenvalue weighted by atomic mass is 10.2. The number of nitrogens with zero attached hydrogens (tertiary/aromatic N) is 4. The molecule has 132 valence electrons. The van der Waals surface area contributed by atoms with Crippen LogP contribution in [0.4, 0.5) is 19.0 Å². The molecule has 1 saturated heterocycles. The minimum Gasteiger partial charge on any atom is -0.353 e. The number of hydrogen-bond donors (Lipinski definition) is 0. The molecule has 9 heteroatoms. The van der Waals surface area contributed by atoms with Gasteiger partial charge in [-0.2, -0.15) is 13.2 Å². The van der Waals surface area contributed by atoms with Crippen molar-refractivity contribution in [2.75, 3.05) is 31.1 Å². The summed E-state index contributed by atoms with van der Waals surface area (Å²) in [5, 5.41) is 0.152. The fourth-order valence-corrected chi connectivity index (χ4v) is 2.80. The third-order valence-corrected chi connectivity index (χ3v) is 4.26. The number of alkyl halides is 3. The van der Waals surface area contributed by atoms with E-state index < -0.39 is 11.7 Å². The van der Waals surface area contributed by atoms with E-state index >= 15 is 0 Å². The Morgan fingerprint density at radius 3 is 2.36 bits per heavy atom. The predicted molar refractivity (Wildman–Crippen MR) is 86.6 cm³/mol. The summed E-state index contributed by atoms with van der Waals surface area (Å²) in [6.45, 7) is 1.80. The van der Waals surface area contributed by atoms with Crippen LogP contribution in [0.25, 0.3) is 0 Å². The molecule has 1 aliphatic heterocycles. The topological polar surface area (TPSA) is 49.3 Å². The molecule has 0 N–H and O–H groups in total. The van der Waals surface area contributed by atoms with E-state index in [1.54, 1.807) is 17.0 Å². The molecular weight excluding hydrogens is 357 g/mol. The van der Waals surface area contributed by atoms with E-state index in [1.165, 1.54) is 12.3 Å². The zero-order valence-corrected chi connectivity index (χ0v) is 13.8. The highest BCUT2D eigenvalue weighted by atomic mass is 35.5. The van der Waals surface area contributed by atoms with Crippen LogP contribution in [0.15, 0.2) is 36.7 Å². The Morgan fingerprint density at radius 2 is 1.80 bits per heavy atom. The van der Waals surface area contributed by atoms with Gasteiger partial charge in [0, 0.05) is 38.6 Å². The number of pyridine rings is 2. The summed E-state index contributed by atoms with van der Waals surface area (Å²) >= 11 is 5.94. The van der Waals surface area contributed by atoms with Gasteiger partial charge in [-0.25, -0.2) is 9.97 Å². The van der Waals surface area contributed by atoms with Crippen LogP contribution >= 0.6 is 11.6 Å². The minimum atomic E-state index is -4.40. The maximum absolute atomic E-state index is 12.6. The Kier molecular flexibility index (Phi) is 4.80. The molecule has 0 saturated carbocycles. The van der Waals surface area contributed by atoms with Crippen LogP contribution in [-0.2, 0) is 6.18 Å². The summed E-state index contributed by atoms with van der Waals surface area (Å²) in [6.07, 6.45) is -2.07. The summed E-state index contributed by atoms with van der Waals surface area (Å²) in [6, 6.07) is 5.61. The fraction of sp³-hybridized carbons (Fsp3) is 0.312. The van der Waals surface area contributed by atoms with Gasteiger partial charge in [-0.3, -0.25) is 4.79 Å². The van der Waals surface area contributed by atoms with E-state index in [2.05, 4.69) is 9.97 Å². The first-order chi connectivity index (χ1) is 11.9. The maximum Gasteiger partial charge on any atom is 0.417 e. The van der Waals surface area contributed by atoms with Crippen LogP contribution in [0.1, 0.15) is 15.9 Å². The summed E-state index contributed by atoms with van der Waals surface area (Å²) in [7, 11) is 0. The highest BCUT2D eigenvalue weighted by Crippen LogP contribution is 2.29. The lowest BCUT2D eigenvalue weighted by molar-refractivity contribution is -0.137. The largest absolute Gasteiger partial charge is 0.417 e. The number of aromatic nitrogens is 2. The molecule has 0 radical (unpaired) electrons. The molecular formula is C16H14ClF3N4O. The van der Waals surface area contributed by atoms with E-state index in [4.69, 9.17) is 11.6 Å². The molecule has 0 aliphatic carbocycles. The molecule has 2 aromatic rings. The summed E-state index contributed by atoms with van der Waals surface area (Å²) < 4.78 is 37.7. The lowest BCUT2D eigenvalue weighted by Gasteiger charge is -2.35. The highest BCUT2D eigenvalue weighted by Gasteiger charge is 2.31. The van der Waals surface area contributed by atoms with Crippen LogP contribution in [0.5, 0.6) is 0 Å². The number of rotatable bonds is 2. The van der Waals surface area contributed by atoms with Crippen molar-refractivity contribution in [1.29, 1.82) is 0 Å². The highest BCUT2D eigenvalue weighted by molar-refractivity contribution is 6.32. The maximum atomic E-state index is 12.6. The zero-order valence-electron chi connectivity index (χ0n) is 13.0. The lowest BCUT2D eigenvalue weighted by Crippen LogP contribution is -2.49. The van der Waals surface area contributed by atoms with E-state index in [0.29, 0.717) is 37.6 Å². The number of carbonyl (C=O) groups excluding carboxylic acids is 1. The average Bonchev–Trinajstić information content (AvgIpc) is 2.61. The molecule has 2 aromatic heterocycles. The number of anilines is 1. The number of piperazine rings is 1. The minimum absolute atomic E-state index is 0.152. The molecule has 3 rings (SSSR count). The molecule has 0 atom stereocenters. The number of amides is 1. The molecule has 0 spiro atoms. The molecule has 1 fully saturated rings. The molecule has 1 aliphatic rings. The van der Waals surface area contributed by atoms with Gasteiger partial charge in [-0.1, -0.05) is 11.6 Å². The molecule has 3 heterocycles. The van der Waals surface area contributed by atoms with Gasteiger partial charge in [-0.15, -0.1) is 0 Å². The zero-order chi connectivity index (χ0) is 18.0. The van der Waals surface area contributed by atoms with Gasteiger partial charge in [0.1, 0.15) is 11.0 Å².